The summed E-state index contributed by atoms with van der Waals surface area (Å²) in [6.45, 7) is 7.77. The predicted molar refractivity (Wildman–Crippen MR) is 113 cm³/mol. The summed E-state index contributed by atoms with van der Waals surface area (Å²) in [7, 11) is 0. The van der Waals surface area contributed by atoms with Crippen LogP contribution in [0, 0.1) is 6.92 Å². The summed E-state index contributed by atoms with van der Waals surface area (Å²) in [5.41, 5.74) is 3.14. The van der Waals surface area contributed by atoms with Crippen LogP contribution in [0.2, 0.25) is 0 Å². The smallest absolute Gasteiger partial charge is 0.375 e. The molecule has 28 heavy (non-hydrogen) atoms. The first-order chi connectivity index (χ1) is 13.1. The Morgan fingerprint density at radius 2 is 1.79 bits per heavy atom. The zero-order valence-corrected chi connectivity index (χ0v) is 17.8. The number of halogens is 1. The fourth-order valence-electron chi connectivity index (χ4n) is 2.84. The fourth-order valence-corrected chi connectivity index (χ4v) is 3.20. The number of nitrogens with one attached hydrogen (secondary N) is 1. The SMILES string of the molecule is Cc1c(C(=O)OCC(=O)Nc2ccc(C(C)(C)C)cc2)oc2ccc(Br)cc12. The first-order valence-corrected chi connectivity index (χ1v) is 9.70. The normalized spacial score (nSPS) is 11.5. The first kappa shape index (κ1) is 20.1. The maximum atomic E-state index is 12.3. The van der Waals surface area contributed by atoms with Crippen LogP contribution in [-0.4, -0.2) is 18.5 Å². The number of esters is 1. The zero-order valence-electron chi connectivity index (χ0n) is 16.3. The minimum Gasteiger partial charge on any atom is -0.450 e. The number of rotatable bonds is 4. The molecule has 0 saturated carbocycles. The number of amides is 1. The molecule has 2 aromatic carbocycles. The summed E-state index contributed by atoms with van der Waals surface area (Å²) < 4.78 is 11.6. The molecule has 0 aliphatic rings. The van der Waals surface area contributed by atoms with Crippen LogP contribution >= 0.6 is 15.9 Å². The zero-order chi connectivity index (χ0) is 20.5. The second-order valence-electron chi connectivity index (χ2n) is 7.65. The number of hydrogen-bond acceptors (Lipinski definition) is 4. The van der Waals surface area contributed by atoms with Crippen molar-refractivity contribution >= 4 is 44.5 Å². The number of benzene rings is 2. The van der Waals surface area contributed by atoms with Gasteiger partial charge in [0.25, 0.3) is 5.91 Å². The molecule has 1 amide bonds. The third kappa shape index (κ3) is 4.44. The second-order valence-corrected chi connectivity index (χ2v) is 8.56. The van der Waals surface area contributed by atoms with Gasteiger partial charge in [-0.3, -0.25) is 4.79 Å². The minimum atomic E-state index is -0.664. The highest BCUT2D eigenvalue weighted by Gasteiger charge is 2.20. The largest absolute Gasteiger partial charge is 0.450 e. The van der Waals surface area contributed by atoms with E-state index in [0.29, 0.717) is 16.8 Å². The number of anilines is 1. The molecular weight excluding hydrogens is 422 g/mol. The molecule has 0 bridgehead atoms. The maximum Gasteiger partial charge on any atom is 0.375 e. The highest BCUT2D eigenvalue weighted by Crippen LogP contribution is 2.28. The van der Waals surface area contributed by atoms with E-state index < -0.39 is 11.9 Å². The van der Waals surface area contributed by atoms with Gasteiger partial charge in [-0.15, -0.1) is 0 Å². The van der Waals surface area contributed by atoms with Crippen LogP contribution in [0.4, 0.5) is 5.69 Å². The third-order valence-corrected chi connectivity index (χ3v) is 4.95. The molecule has 1 aromatic heterocycles. The number of furan rings is 1. The maximum absolute atomic E-state index is 12.3. The minimum absolute atomic E-state index is 0.0398. The number of carbonyl (C=O) groups excluding carboxylic acids is 2. The van der Waals surface area contributed by atoms with E-state index in [-0.39, 0.29) is 17.8 Å². The van der Waals surface area contributed by atoms with Crippen LogP contribution in [0.1, 0.15) is 42.5 Å². The van der Waals surface area contributed by atoms with Crippen molar-refractivity contribution in [2.75, 3.05) is 11.9 Å². The van der Waals surface area contributed by atoms with Gasteiger partial charge in [0.2, 0.25) is 5.76 Å². The Labute approximate surface area is 172 Å². The summed E-state index contributed by atoms with van der Waals surface area (Å²) in [6, 6.07) is 13.1. The summed E-state index contributed by atoms with van der Waals surface area (Å²) in [5, 5.41) is 3.55. The van der Waals surface area contributed by atoms with Crippen molar-refractivity contribution < 1.29 is 18.7 Å². The monoisotopic (exact) mass is 443 g/mol. The van der Waals surface area contributed by atoms with Crippen molar-refractivity contribution in [3.63, 3.8) is 0 Å². The first-order valence-electron chi connectivity index (χ1n) is 8.91. The number of ether oxygens (including phenoxy) is 1. The van der Waals surface area contributed by atoms with Crippen molar-refractivity contribution in [1.29, 1.82) is 0 Å². The Bertz CT molecular complexity index is 1030. The standard InChI is InChI=1S/C22H22BrNO4/c1-13-17-11-15(23)7-10-18(17)28-20(13)21(26)27-12-19(25)24-16-8-5-14(6-9-16)22(2,3)4/h5-11H,12H2,1-4H3,(H,24,25). The number of aryl methyl sites for hydroxylation is 1. The molecule has 146 valence electrons. The Hall–Kier alpha value is -2.60. The third-order valence-electron chi connectivity index (χ3n) is 4.45. The van der Waals surface area contributed by atoms with Gasteiger partial charge in [0, 0.05) is 21.1 Å². The predicted octanol–water partition coefficient (Wildman–Crippen LogP) is 5.60. The van der Waals surface area contributed by atoms with E-state index in [9.17, 15) is 9.59 Å². The van der Waals surface area contributed by atoms with Gasteiger partial charge in [0.15, 0.2) is 6.61 Å². The van der Waals surface area contributed by atoms with E-state index >= 15 is 0 Å². The van der Waals surface area contributed by atoms with Gasteiger partial charge < -0.3 is 14.5 Å². The molecule has 5 nitrogen and oxygen atoms in total. The lowest BCUT2D eigenvalue weighted by Gasteiger charge is -2.19. The Morgan fingerprint density at radius 1 is 1.11 bits per heavy atom. The molecule has 6 heteroatoms. The number of fused-ring (bicyclic) bond motifs is 1. The van der Waals surface area contributed by atoms with Crippen LogP contribution < -0.4 is 5.32 Å². The van der Waals surface area contributed by atoms with E-state index in [1.807, 2.05) is 36.4 Å². The van der Waals surface area contributed by atoms with Gasteiger partial charge in [-0.25, -0.2) is 4.79 Å². The van der Waals surface area contributed by atoms with Crippen LogP contribution in [0.3, 0.4) is 0 Å². The molecule has 3 aromatic rings. The van der Waals surface area contributed by atoms with Gasteiger partial charge in [-0.1, -0.05) is 48.8 Å². The highest BCUT2D eigenvalue weighted by molar-refractivity contribution is 9.10. The lowest BCUT2D eigenvalue weighted by Crippen LogP contribution is -2.21. The van der Waals surface area contributed by atoms with Crippen molar-refractivity contribution in [1.82, 2.24) is 0 Å². The molecular formula is C22H22BrNO4. The second kappa shape index (κ2) is 7.80. The van der Waals surface area contributed by atoms with E-state index in [1.54, 1.807) is 13.0 Å². The summed E-state index contributed by atoms with van der Waals surface area (Å²) in [5.74, 6) is -0.966. The molecule has 0 saturated heterocycles. The molecule has 1 N–H and O–H groups in total. The van der Waals surface area contributed by atoms with Gasteiger partial charge in [-0.2, -0.15) is 0 Å². The molecule has 3 rings (SSSR count). The lowest BCUT2D eigenvalue weighted by molar-refractivity contribution is -0.119. The van der Waals surface area contributed by atoms with E-state index in [2.05, 4.69) is 42.0 Å². The average Bonchev–Trinajstić information content (AvgIpc) is 2.96. The highest BCUT2D eigenvalue weighted by atomic mass is 79.9. The fraction of sp³-hybridized carbons (Fsp3) is 0.273. The molecule has 0 aliphatic heterocycles. The van der Waals surface area contributed by atoms with Crippen LogP contribution in [0.5, 0.6) is 0 Å². The molecule has 0 aliphatic carbocycles. The molecule has 0 spiro atoms. The van der Waals surface area contributed by atoms with E-state index in [0.717, 1.165) is 9.86 Å². The van der Waals surface area contributed by atoms with E-state index in [1.165, 1.54) is 5.56 Å². The molecule has 0 radical (unpaired) electrons. The Kier molecular flexibility index (Phi) is 5.61. The van der Waals surface area contributed by atoms with Crippen LogP contribution in [0.25, 0.3) is 11.0 Å². The van der Waals surface area contributed by atoms with Crippen LogP contribution in [0.15, 0.2) is 51.4 Å². The number of hydrogen-bond donors (Lipinski definition) is 1. The summed E-state index contributed by atoms with van der Waals surface area (Å²) in [4.78, 5) is 24.4. The Morgan fingerprint density at radius 3 is 2.43 bits per heavy atom. The lowest BCUT2D eigenvalue weighted by atomic mass is 9.87. The average molecular weight is 444 g/mol. The van der Waals surface area contributed by atoms with Gasteiger partial charge in [0.05, 0.1) is 0 Å². The summed E-state index contributed by atoms with van der Waals surface area (Å²) >= 11 is 3.40. The molecule has 0 atom stereocenters. The van der Waals surface area contributed by atoms with Crippen molar-refractivity contribution in [2.24, 2.45) is 0 Å². The van der Waals surface area contributed by atoms with Gasteiger partial charge >= 0.3 is 5.97 Å². The van der Waals surface area contributed by atoms with Gasteiger partial charge in [-0.05, 0) is 48.2 Å². The van der Waals surface area contributed by atoms with Crippen LogP contribution in [-0.2, 0) is 14.9 Å². The molecule has 0 unspecified atom stereocenters. The Balaban J connectivity index is 1.61. The van der Waals surface area contributed by atoms with Crippen molar-refractivity contribution in [3.05, 3.63) is 63.8 Å². The van der Waals surface area contributed by atoms with Crippen molar-refractivity contribution in [3.8, 4) is 0 Å². The summed E-state index contributed by atoms with van der Waals surface area (Å²) in [6.07, 6.45) is 0. The van der Waals surface area contributed by atoms with Crippen molar-refractivity contribution in [2.45, 2.75) is 33.1 Å². The van der Waals surface area contributed by atoms with Gasteiger partial charge in [0.1, 0.15) is 5.58 Å². The topological polar surface area (TPSA) is 68.5 Å². The quantitative estimate of drug-likeness (QED) is 0.533. The number of carbonyl (C=O) groups is 2. The molecule has 1 heterocycles. The van der Waals surface area contributed by atoms with E-state index in [4.69, 9.17) is 9.15 Å². The molecule has 0 fully saturated rings.